The van der Waals surface area contributed by atoms with Crippen molar-refractivity contribution >= 4 is 0 Å². The molecule has 0 aliphatic heterocycles. The Kier molecular flexibility index (Phi) is 6.20. The molecular weight excluding hydrogens is 368 g/mol. The average molecular weight is 419 g/mol. The average Bonchev–Trinajstić information content (AvgIpc) is 3.01. The van der Waals surface area contributed by atoms with Crippen LogP contribution in [-0.2, 0) is 0 Å². The molecule has 4 aliphatic rings. The Morgan fingerprint density at radius 2 is 1.67 bits per heavy atom. The van der Waals surface area contributed by atoms with Crippen molar-refractivity contribution in [2.75, 3.05) is 0 Å². The molecule has 0 aromatic rings. The van der Waals surface area contributed by atoms with Gasteiger partial charge < -0.3 is 10.2 Å². The van der Waals surface area contributed by atoms with Crippen LogP contribution in [0.5, 0.6) is 0 Å². The van der Waals surface area contributed by atoms with Crippen molar-refractivity contribution in [1.29, 1.82) is 0 Å². The molecule has 2 heteroatoms. The standard InChI is InChI=1S/C28H50O2/c1-18(2)8-7-9-19(3)23-10-11-24-22-16-20(4)28(30)17-21(29)12-15-27(28,6)25(22)13-14-26(23,24)5/h18-25,29-30H,7-17H2,1-6H3. The predicted octanol–water partition coefficient (Wildman–Crippen LogP) is 6.83. The third-order valence-corrected chi connectivity index (χ3v) is 11.4. The van der Waals surface area contributed by atoms with Gasteiger partial charge in [0.15, 0.2) is 0 Å². The van der Waals surface area contributed by atoms with E-state index in [9.17, 15) is 10.2 Å². The lowest BCUT2D eigenvalue weighted by Crippen LogP contribution is -2.66. The molecule has 4 rings (SSSR count). The molecule has 0 spiro atoms. The van der Waals surface area contributed by atoms with Crippen LogP contribution in [0.15, 0.2) is 0 Å². The molecule has 174 valence electrons. The lowest BCUT2D eigenvalue weighted by atomic mass is 9.41. The molecule has 10 unspecified atom stereocenters. The van der Waals surface area contributed by atoms with E-state index >= 15 is 0 Å². The van der Waals surface area contributed by atoms with Gasteiger partial charge in [-0.15, -0.1) is 0 Å². The molecule has 2 nitrogen and oxygen atoms in total. The molecule has 4 saturated carbocycles. The van der Waals surface area contributed by atoms with Gasteiger partial charge in [0.1, 0.15) is 0 Å². The summed E-state index contributed by atoms with van der Waals surface area (Å²) in [4.78, 5) is 0. The second-order valence-corrected chi connectivity index (χ2v) is 13.3. The largest absolute Gasteiger partial charge is 0.393 e. The summed E-state index contributed by atoms with van der Waals surface area (Å²) in [7, 11) is 0. The Hall–Kier alpha value is -0.0800. The van der Waals surface area contributed by atoms with Gasteiger partial charge in [0.05, 0.1) is 11.7 Å². The van der Waals surface area contributed by atoms with Crippen molar-refractivity contribution in [2.24, 2.45) is 52.3 Å². The molecule has 2 N–H and O–H groups in total. The maximum absolute atomic E-state index is 11.9. The van der Waals surface area contributed by atoms with Crippen LogP contribution < -0.4 is 0 Å². The van der Waals surface area contributed by atoms with E-state index in [4.69, 9.17) is 0 Å². The van der Waals surface area contributed by atoms with E-state index in [1.54, 1.807) is 0 Å². The predicted molar refractivity (Wildman–Crippen MR) is 125 cm³/mol. The molecule has 30 heavy (non-hydrogen) atoms. The first kappa shape index (κ1) is 23.1. The highest BCUT2D eigenvalue weighted by Gasteiger charge is 2.66. The molecule has 0 saturated heterocycles. The van der Waals surface area contributed by atoms with Gasteiger partial charge in [-0.2, -0.15) is 0 Å². The summed E-state index contributed by atoms with van der Waals surface area (Å²) in [5.74, 6) is 5.18. The molecule has 0 aromatic carbocycles. The van der Waals surface area contributed by atoms with Crippen LogP contribution in [0.25, 0.3) is 0 Å². The quantitative estimate of drug-likeness (QED) is 0.513. The number of aliphatic hydroxyl groups is 2. The van der Waals surface area contributed by atoms with Crippen LogP contribution in [0.1, 0.15) is 112 Å². The zero-order valence-electron chi connectivity index (χ0n) is 20.8. The maximum Gasteiger partial charge on any atom is 0.0753 e. The van der Waals surface area contributed by atoms with Gasteiger partial charge in [0, 0.05) is 6.42 Å². The minimum Gasteiger partial charge on any atom is -0.393 e. The SMILES string of the molecule is CC(C)CCCC(C)C1CCC2C3CC(C)C4(O)CC(O)CCC4(C)C3CCC12C. The van der Waals surface area contributed by atoms with Gasteiger partial charge in [-0.3, -0.25) is 0 Å². The normalized spacial score (nSPS) is 51.9. The van der Waals surface area contributed by atoms with Gasteiger partial charge in [0.2, 0.25) is 0 Å². The Morgan fingerprint density at radius 1 is 0.933 bits per heavy atom. The van der Waals surface area contributed by atoms with E-state index in [2.05, 4.69) is 41.5 Å². The maximum atomic E-state index is 11.9. The van der Waals surface area contributed by atoms with Crippen LogP contribution >= 0.6 is 0 Å². The molecule has 0 radical (unpaired) electrons. The highest BCUT2D eigenvalue weighted by molar-refractivity contribution is 5.16. The summed E-state index contributed by atoms with van der Waals surface area (Å²) in [6.07, 6.45) is 13.1. The Morgan fingerprint density at radius 3 is 2.37 bits per heavy atom. The smallest absolute Gasteiger partial charge is 0.0753 e. The number of fused-ring (bicyclic) bond motifs is 5. The minimum absolute atomic E-state index is 0.00311. The molecule has 4 aliphatic carbocycles. The summed E-state index contributed by atoms with van der Waals surface area (Å²) in [5.41, 5.74) is -0.156. The fourth-order valence-electron chi connectivity index (χ4n) is 9.68. The third-order valence-electron chi connectivity index (χ3n) is 11.4. The lowest BCUT2D eigenvalue weighted by Gasteiger charge is -2.66. The van der Waals surface area contributed by atoms with Crippen molar-refractivity contribution in [1.82, 2.24) is 0 Å². The summed E-state index contributed by atoms with van der Waals surface area (Å²) < 4.78 is 0. The highest BCUT2D eigenvalue weighted by Crippen LogP contribution is 2.70. The van der Waals surface area contributed by atoms with E-state index < -0.39 is 5.60 Å². The Labute approximate surface area is 186 Å². The van der Waals surface area contributed by atoms with Crippen molar-refractivity contribution < 1.29 is 10.2 Å². The number of aliphatic hydroxyl groups excluding tert-OH is 1. The topological polar surface area (TPSA) is 40.5 Å². The van der Waals surface area contributed by atoms with Gasteiger partial charge >= 0.3 is 0 Å². The highest BCUT2D eigenvalue weighted by atomic mass is 16.3. The van der Waals surface area contributed by atoms with E-state index in [-0.39, 0.29) is 11.5 Å². The van der Waals surface area contributed by atoms with E-state index in [0.717, 1.165) is 42.4 Å². The fraction of sp³-hybridized carbons (Fsp3) is 1.00. The molecule has 0 amide bonds. The molecular formula is C28H50O2. The van der Waals surface area contributed by atoms with Crippen LogP contribution in [0, 0.1) is 52.3 Å². The first-order valence-electron chi connectivity index (χ1n) is 13.4. The minimum atomic E-state index is -0.665. The van der Waals surface area contributed by atoms with Crippen molar-refractivity contribution in [2.45, 2.75) is 124 Å². The van der Waals surface area contributed by atoms with E-state index in [1.807, 2.05) is 0 Å². The van der Waals surface area contributed by atoms with Gasteiger partial charge in [-0.1, -0.05) is 60.8 Å². The van der Waals surface area contributed by atoms with Crippen LogP contribution in [0.2, 0.25) is 0 Å². The zero-order valence-corrected chi connectivity index (χ0v) is 20.8. The second-order valence-electron chi connectivity index (χ2n) is 13.3. The summed E-state index contributed by atoms with van der Waals surface area (Å²) in [6, 6.07) is 0. The van der Waals surface area contributed by atoms with Gasteiger partial charge in [-0.05, 0) is 97.2 Å². The summed E-state index contributed by atoms with van der Waals surface area (Å²) >= 11 is 0. The number of hydrogen-bond acceptors (Lipinski definition) is 2. The third kappa shape index (κ3) is 3.42. The fourth-order valence-corrected chi connectivity index (χ4v) is 9.68. The van der Waals surface area contributed by atoms with Crippen molar-refractivity contribution in [3.05, 3.63) is 0 Å². The first-order valence-corrected chi connectivity index (χ1v) is 13.4. The second kappa shape index (κ2) is 8.05. The van der Waals surface area contributed by atoms with Crippen molar-refractivity contribution in [3.8, 4) is 0 Å². The van der Waals surface area contributed by atoms with Crippen molar-refractivity contribution in [3.63, 3.8) is 0 Å². The molecule has 10 atom stereocenters. The van der Waals surface area contributed by atoms with Gasteiger partial charge in [-0.25, -0.2) is 0 Å². The number of hydrogen-bond donors (Lipinski definition) is 2. The molecule has 0 bridgehead atoms. The van der Waals surface area contributed by atoms with Crippen LogP contribution in [-0.4, -0.2) is 21.9 Å². The monoisotopic (exact) mass is 418 g/mol. The van der Waals surface area contributed by atoms with E-state index in [1.165, 1.54) is 51.4 Å². The summed E-state index contributed by atoms with van der Waals surface area (Å²) in [5, 5.41) is 22.2. The van der Waals surface area contributed by atoms with Crippen LogP contribution in [0.3, 0.4) is 0 Å². The van der Waals surface area contributed by atoms with Gasteiger partial charge in [0.25, 0.3) is 0 Å². The molecule has 0 heterocycles. The Balaban J connectivity index is 1.53. The lowest BCUT2D eigenvalue weighted by molar-refractivity contribution is -0.244. The van der Waals surface area contributed by atoms with Crippen LogP contribution in [0.4, 0.5) is 0 Å². The first-order chi connectivity index (χ1) is 14.0. The Bertz CT molecular complexity index is 616. The molecule has 4 fully saturated rings. The molecule has 0 aromatic heterocycles. The van der Waals surface area contributed by atoms with E-state index in [0.29, 0.717) is 23.7 Å². The zero-order chi connectivity index (χ0) is 21.9. The summed E-state index contributed by atoms with van der Waals surface area (Å²) in [6.45, 7) is 14.6. The number of rotatable bonds is 5.